The van der Waals surface area contributed by atoms with Crippen molar-refractivity contribution in [3.05, 3.63) is 47.8 Å². The van der Waals surface area contributed by atoms with Crippen molar-refractivity contribution in [2.75, 3.05) is 20.2 Å². The van der Waals surface area contributed by atoms with E-state index in [0.717, 1.165) is 17.8 Å². The summed E-state index contributed by atoms with van der Waals surface area (Å²) in [4.78, 5) is 4.08. The van der Waals surface area contributed by atoms with Crippen LogP contribution in [-0.2, 0) is 19.8 Å². The minimum absolute atomic E-state index is 0. The number of aromatic nitrogens is 2. The third-order valence-corrected chi connectivity index (χ3v) is 3.43. The van der Waals surface area contributed by atoms with Gasteiger partial charge in [-0.25, -0.2) is 0 Å². The van der Waals surface area contributed by atoms with Crippen molar-refractivity contribution in [2.45, 2.75) is 12.7 Å². The number of guanidine groups is 1. The van der Waals surface area contributed by atoms with E-state index < -0.39 is 11.7 Å². The van der Waals surface area contributed by atoms with Crippen LogP contribution in [0.1, 0.15) is 11.3 Å². The van der Waals surface area contributed by atoms with E-state index in [4.69, 9.17) is 4.74 Å². The second-order valence-corrected chi connectivity index (χ2v) is 5.17. The summed E-state index contributed by atoms with van der Waals surface area (Å²) in [5, 5.41) is 10.3. The van der Waals surface area contributed by atoms with Gasteiger partial charge in [0, 0.05) is 20.3 Å². The van der Waals surface area contributed by atoms with Crippen LogP contribution in [-0.4, -0.2) is 35.9 Å². The molecule has 144 valence electrons. The smallest absolute Gasteiger partial charge is 0.416 e. The summed E-state index contributed by atoms with van der Waals surface area (Å²) in [6.07, 6.45) is -2.63. The maximum atomic E-state index is 12.5. The van der Waals surface area contributed by atoms with Crippen LogP contribution in [0.25, 0.3) is 0 Å². The van der Waals surface area contributed by atoms with E-state index in [1.54, 1.807) is 17.9 Å². The molecule has 0 radical (unpaired) electrons. The zero-order valence-corrected chi connectivity index (χ0v) is 16.7. The third kappa shape index (κ3) is 6.73. The molecule has 1 aromatic carbocycles. The summed E-state index contributed by atoms with van der Waals surface area (Å²) in [5.41, 5.74) is 0.307. The van der Waals surface area contributed by atoms with Gasteiger partial charge in [0.05, 0.1) is 24.3 Å². The van der Waals surface area contributed by atoms with Crippen LogP contribution in [0.15, 0.2) is 41.5 Å². The molecule has 2 rings (SSSR count). The summed E-state index contributed by atoms with van der Waals surface area (Å²) in [6, 6.07) is 6.50. The number of nitrogens with one attached hydrogen (secondary N) is 2. The fourth-order valence-corrected chi connectivity index (χ4v) is 2.05. The van der Waals surface area contributed by atoms with E-state index in [0.29, 0.717) is 24.8 Å². The molecule has 0 amide bonds. The Morgan fingerprint density at radius 2 is 1.88 bits per heavy atom. The molecule has 0 fully saturated rings. The Morgan fingerprint density at radius 1 is 1.19 bits per heavy atom. The zero-order valence-electron chi connectivity index (χ0n) is 14.4. The molecule has 0 unspecified atom stereocenters. The number of nitrogens with zero attached hydrogens (tertiary/aromatic N) is 3. The first-order valence-electron chi connectivity index (χ1n) is 7.61. The fraction of sp³-hybridized carbons (Fsp3) is 0.375. The number of halogens is 4. The third-order valence-electron chi connectivity index (χ3n) is 3.43. The Balaban J connectivity index is 0.00000338. The van der Waals surface area contributed by atoms with E-state index in [9.17, 15) is 13.2 Å². The number of rotatable bonds is 6. The molecule has 0 bridgehead atoms. The normalized spacial score (nSPS) is 11.7. The van der Waals surface area contributed by atoms with E-state index in [1.807, 2.05) is 13.1 Å². The molecule has 26 heavy (non-hydrogen) atoms. The molecule has 0 aliphatic carbocycles. The van der Waals surface area contributed by atoms with Crippen molar-refractivity contribution in [3.8, 4) is 5.75 Å². The predicted molar refractivity (Wildman–Crippen MR) is 104 cm³/mol. The van der Waals surface area contributed by atoms with Gasteiger partial charge in [-0.15, -0.1) is 24.0 Å². The van der Waals surface area contributed by atoms with E-state index in [2.05, 4.69) is 20.7 Å². The van der Waals surface area contributed by atoms with Crippen LogP contribution >= 0.6 is 24.0 Å². The number of alkyl halides is 3. The quantitative estimate of drug-likeness (QED) is 0.287. The van der Waals surface area contributed by atoms with Gasteiger partial charge in [0.1, 0.15) is 12.4 Å². The highest BCUT2D eigenvalue weighted by Crippen LogP contribution is 2.30. The van der Waals surface area contributed by atoms with Gasteiger partial charge in [-0.1, -0.05) is 0 Å². The van der Waals surface area contributed by atoms with Crippen molar-refractivity contribution in [1.29, 1.82) is 0 Å². The lowest BCUT2D eigenvalue weighted by atomic mass is 10.2. The van der Waals surface area contributed by atoms with E-state index >= 15 is 0 Å². The van der Waals surface area contributed by atoms with Crippen molar-refractivity contribution < 1.29 is 17.9 Å². The predicted octanol–water partition coefficient (Wildman–Crippen LogP) is 2.80. The van der Waals surface area contributed by atoms with Crippen LogP contribution in [0.2, 0.25) is 0 Å². The zero-order chi connectivity index (χ0) is 18.3. The molecule has 0 saturated carbocycles. The average Bonchev–Trinajstić information content (AvgIpc) is 2.99. The molecule has 0 spiro atoms. The summed E-state index contributed by atoms with van der Waals surface area (Å²) in [7, 11) is 3.50. The molecule has 1 heterocycles. The summed E-state index contributed by atoms with van der Waals surface area (Å²) >= 11 is 0. The van der Waals surface area contributed by atoms with Gasteiger partial charge in [-0.05, 0) is 30.3 Å². The molecular formula is C16H21F3IN5O. The van der Waals surface area contributed by atoms with Crippen LogP contribution in [0, 0.1) is 0 Å². The molecule has 0 aliphatic heterocycles. The summed E-state index contributed by atoms with van der Waals surface area (Å²) in [5.74, 6) is 0.977. The number of ether oxygens (including phenoxy) is 1. The van der Waals surface area contributed by atoms with Gasteiger partial charge in [0.2, 0.25) is 0 Å². The first kappa shape index (κ1) is 22.1. The van der Waals surface area contributed by atoms with Crippen molar-refractivity contribution >= 4 is 29.9 Å². The number of aliphatic imine (C=N–C) groups is 1. The molecule has 6 nitrogen and oxygen atoms in total. The van der Waals surface area contributed by atoms with E-state index in [1.165, 1.54) is 12.1 Å². The second-order valence-electron chi connectivity index (χ2n) is 5.17. The van der Waals surface area contributed by atoms with Gasteiger partial charge in [-0.3, -0.25) is 9.67 Å². The molecule has 0 aliphatic rings. The maximum Gasteiger partial charge on any atom is 0.416 e. The molecular weight excluding hydrogens is 462 g/mol. The largest absolute Gasteiger partial charge is 0.492 e. The van der Waals surface area contributed by atoms with Crippen molar-refractivity contribution in [3.63, 3.8) is 0 Å². The lowest BCUT2D eigenvalue weighted by molar-refractivity contribution is -0.137. The maximum absolute atomic E-state index is 12.5. The Kier molecular flexibility index (Phi) is 8.69. The number of benzene rings is 1. The van der Waals surface area contributed by atoms with Crippen LogP contribution < -0.4 is 15.4 Å². The monoisotopic (exact) mass is 483 g/mol. The Labute approximate surface area is 166 Å². The van der Waals surface area contributed by atoms with Gasteiger partial charge < -0.3 is 15.4 Å². The summed E-state index contributed by atoms with van der Waals surface area (Å²) in [6.45, 7) is 1.31. The van der Waals surface area contributed by atoms with Crippen LogP contribution in [0.4, 0.5) is 13.2 Å². The van der Waals surface area contributed by atoms with Gasteiger partial charge in [0.25, 0.3) is 0 Å². The molecule has 0 atom stereocenters. The standard InChI is InChI=1S/C16H20F3N5O.HI/c1-20-15(22-11-13-7-8-23-24(13)2)21-9-10-25-14-5-3-12(4-6-14)16(17,18)19;/h3-8H,9-11H2,1-2H3,(H2,20,21,22);1H. The van der Waals surface area contributed by atoms with Crippen LogP contribution in [0.5, 0.6) is 5.75 Å². The first-order chi connectivity index (χ1) is 11.9. The minimum Gasteiger partial charge on any atom is -0.492 e. The molecule has 2 aromatic rings. The molecule has 10 heteroatoms. The fourth-order valence-electron chi connectivity index (χ4n) is 2.05. The molecule has 1 aromatic heterocycles. The van der Waals surface area contributed by atoms with Gasteiger partial charge >= 0.3 is 6.18 Å². The second kappa shape index (κ2) is 10.2. The number of hydrogen-bond acceptors (Lipinski definition) is 3. The lowest BCUT2D eigenvalue weighted by Crippen LogP contribution is -2.39. The van der Waals surface area contributed by atoms with Crippen LogP contribution in [0.3, 0.4) is 0 Å². The molecule has 0 saturated heterocycles. The number of aryl methyl sites for hydroxylation is 1. The Bertz CT molecular complexity index is 701. The highest BCUT2D eigenvalue weighted by Gasteiger charge is 2.29. The lowest BCUT2D eigenvalue weighted by Gasteiger charge is -2.13. The average molecular weight is 483 g/mol. The molecule has 2 N–H and O–H groups in total. The van der Waals surface area contributed by atoms with Gasteiger partial charge in [-0.2, -0.15) is 18.3 Å². The van der Waals surface area contributed by atoms with Crippen molar-refractivity contribution in [1.82, 2.24) is 20.4 Å². The van der Waals surface area contributed by atoms with Crippen molar-refractivity contribution in [2.24, 2.45) is 12.0 Å². The van der Waals surface area contributed by atoms with Gasteiger partial charge in [0.15, 0.2) is 5.96 Å². The topological polar surface area (TPSA) is 63.5 Å². The Morgan fingerprint density at radius 3 is 2.42 bits per heavy atom. The highest BCUT2D eigenvalue weighted by molar-refractivity contribution is 14.0. The first-order valence-corrected chi connectivity index (χ1v) is 7.61. The number of hydrogen-bond donors (Lipinski definition) is 2. The highest BCUT2D eigenvalue weighted by atomic mass is 127. The van der Waals surface area contributed by atoms with E-state index in [-0.39, 0.29) is 30.6 Å². The SMILES string of the molecule is CN=C(NCCOc1ccc(C(F)(F)F)cc1)NCc1ccnn1C.I. The summed E-state index contributed by atoms with van der Waals surface area (Å²) < 4.78 is 44.6. The minimum atomic E-state index is -4.34. The Hall–Kier alpha value is -1.98.